The third-order valence-electron chi connectivity index (χ3n) is 2.14. The second-order valence-electron chi connectivity index (χ2n) is 3.54. The molecule has 0 saturated heterocycles. The largest absolute Gasteiger partial charge is 0.358 e. The van der Waals surface area contributed by atoms with Gasteiger partial charge in [-0.25, -0.2) is 4.98 Å². The summed E-state index contributed by atoms with van der Waals surface area (Å²) in [5.41, 5.74) is -0.113. The fraction of sp³-hybridized carbons (Fsp3) is 0.400. The molecular weight excluding hydrogens is 304 g/mol. The summed E-state index contributed by atoms with van der Waals surface area (Å²) >= 11 is 3.17. The van der Waals surface area contributed by atoms with E-state index in [1.165, 1.54) is 6.07 Å². The topological polar surface area (TPSA) is 97.2 Å². The first-order chi connectivity index (χ1) is 8.45. The molecule has 0 aliphatic heterocycles. The summed E-state index contributed by atoms with van der Waals surface area (Å²) in [4.78, 5) is 25.4. The molecule has 0 fully saturated rings. The molecule has 0 aromatic carbocycles. The molecule has 1 atom stereocenters. The Bertz CT molecular complexity index is 466. The molecule has 0 saturated carbocycles. The van der Waals surface area contributed by atoms with Crippen LogP contribution < -0.4 is 10.6 Å². The molecule has 1 heterocycles. The Hall–Kier alpha value is -1.70. The van der Waals surface area contributed by atoms with Crippen molar-refractivity contribution in [3.63, 3.8) is 0 Å². The quantitative estimate of drug-likeness (QED) is 0.636. The molecule has 8 heteroatoms. The Balaban J connectivity index is 2.79. The lowest BCUT2D eigenvalue weighted by atomic mass is 10.3. The maximum atomic E-state index is 11.5. The van der Waals surface area contributed by atoms with E-state index < -0.39 is 11.0 Å². The predicted octanol–water partition coefficient (Wildman–Crippen LogP) is 1.69. The first-order valence-electron chi connectivity index (χ1n) is 5.30. The zero-order chi connectivity index (χ0) is 13.7. The zero-order valence-electron chi connectivity index (χ0n) is 9.94. The SMILES string of the molecule is CCNC(=O)C(C)Nc1ncc([N+](=O)[O-])cc1Br. The van der Waals surface area contributed by atoms with Crippen LogP contribution in [0.3, 0.4) is 0 Å². The average molecular weight is 317 g/mol. The van der Waals surface area contributed by atoms with E-state index in [-0.39, 0.29) is 11.6 Å². The first-order valence-corrected chi connectivity index (χ1v) is 6.09. The van der Waals surface area contributed by atoms with Crippen molar-refractivity contribution in [3.05, 3.63) is 26.9 Å². The highest BCUT2D eigenvalue weighted by molar-refractivity contribution is 9.10. The Morgan fingerprint density at radius 1 is 1.67 bits per heavy atom. The second kappa shape index (κ2) is 6.29. The Kier molecular flexibility index (Phi) is 5.02. The standard InChI is InChI=1S/C10H13BrN4O3/c1-3-12-10(16)6(2)14-9-8(11)4-7(5-13-9)15(17)18/h4-6H,3H2,1-2H3,(H,12,16)(H,13,14). The molecule has 98 valence electrons. The number of carbonyl (C=O) groups excluding carboxylic acids is 1. The minimum absolute atomic E-state index is 0.113. The lowest BCUT2D eigenvalue weighted by molar-refractivity contribution is -0.385. The molecular formula is C10H13BrN4O3. The number of carbonyl (C=O) groups is 1. The van der Waals surface area contributed by atoms with E-state index in [4.69, 9.17) is 0 Å². The van der Waals surface area contributed by atoms with Gasteiger partial charge in [0.25, 0.3) is 5.69 Å². The molecule has 7 nitrogen and oxygen atoms in total. The average Bonchev–Trinajstić information content (AvgIpc) is 2.31. The van der Waals surface area contributed by atoms with Gasteiger partial charge >= 0.3 is 0 Å². The predicted molar refractivity (Wildman–Crippen MR) is 70.4 cm³/mol. The summed E-state index contributed by atoms with van der Waals surface area (Å²) in [5, 5.41) is 16.1. The van der Waals surface area contributed by atoms with Gasteiger partial charge in [0.05, 0.1) is 9.40 Å². The summed E-state index contributed by atoms with van der Waals surface area (Å²) in [7, 11) is 0. The molecule has 0 bridgehead atoms. The van der Waals surface area contributed by atoms with Crippen molar-refractivity contribution in [1.82, 2.24) is 10.3 Å². The fourth-order valence-corrected chi connectivity index (χ4v) is 1.68. The molecule has 0 spiro atoms. The van der Waals surface area contributed by atoms with Gasteiger partial charge in [0, 0.05) is 12.6 Å². The van der Waals surface area contributed by atoms with Gasteiger partial charge in [0.2, 0.25) is 5.91 Å². The third-order valence-corrected chi connectivity index (χ3v) is 2.74. The highest BCUT2D eigenvalue weighted by Crippen LogP contribution is 2.24. The summed E-state index contributed by atoms with van der Waals surface area (Å²) in [6, 6.07) is 0.856. The number of likely N-dealkylation sites (N-methyl/N-ethyl adjacent to an activating group) is 1. The number of aromatic nitrogens is 1. The fourth-order valence-electron chi connectivity index (χ4n) is 1.23. The van der Waals surface area contributed by atoms with Crippen molar-refractivity contribution in [2.24, 2.45) is 0 Å². The van der Waals surface area contributed by atoms with E-state index in [0.29, 0.717) is 16.8 Å². The molecule has 2 N–H and O–H groups in total. The smallest absolute Gasteiger partial charge is 0.288 e. The number of nitro groups is 1. The molecule has 18 heavy (non-hydrogen) atoms. The van der Waals surface area contributed by atoms with E-state index in [1.54, 1.807) is 6.92 Å². The minimum Gasteiger partial charge on any atom is -0.358 e. The molecule has 1 amide bonds. The van der Waals surface area contributed by atoms with Crippen LogP contribution in [0.1, 0.15) is 13.8 Å². The summed E-state index contributed by atoms with van der Waals surface area (Å²) < 4.78 is 0.438. The van der Waals surface area contributed by atoms with Gasteiger partial charge in [0.15, 0.2) is 0 Å². The minimum atomic E-state index is -0.533. The summed E-state index contributed by atoms with van der Waals surface area (Å²) in [6.07, 6.45) is 1.14. The lowest BCUT2D eigenvalue weighted by Crippen LogP contribution is -2.37. The van der Waals surface area contributed by atoms with Crippen LogP contribution in [0.2, 0.25) is 0 Å². The summed E-state index contributed by atoms with van der Waals surface area (Å²) in [5.74, 6) is 0.226. The summed E-state index contributed by atoms with van der Waals surface area (Å²) in [6.45, 7) is 4.05. The van der Waals surface area contributed by atoms with Crippen molar-refractivity contribution in [1.29, 1.82) is 0 Å². The highest BCUT2D eigenvalue weighted by atomic mass is 79.9. The van der Waals surface area contributed by atoms with E-state index in [1.807, 2.05) is 6.92 Å². The van der Waals surface area contributed by atoms with Gasteiger partial charge in [-0.3, -0.25) is 14.9 Å². The molecule has 0 aliphatic carbocycles. The number of amides is 1. The van der Waals surface area contributed by atoms with E-state index in [9.17, 15) is 14.9 Å². The second-order valence-corrected chi connectivity index (χ2v) is 4.40. The number of halogens is 1. The van der Waals surface area contributed by atoms with Gasteiger partial charge in [-0.05, 0) is 29.8 Å². The van der Waals surface area contributed by atoms with Crippen molar-refractivity contribution in [3.8, 4) is 0 Å². The Morgan fingerprint density at radius 2 is 2.33 bits per heavy atom. The normalized spacial score (nSPS) is 11.7. The van der Waals surface area contributed by atoms with Gasteiger partial charge in [0.1, 0.15) is 18.1 Å². The number of hydrogen-bond donors (Lipinski definition) is 2. The number of anilines is 1. The third kappa shape index (κ3) is 3.66. The molecule has 1 aromatic heterocycles. The first kappa shape index (κ1) is 14.4. The van der Waals surface area contributed by atoms with Crippen LogP contribution in [0, 0.1) is 10.1 Å². The molecule has 0 aliphatic rings. The van der Waals surface area contributed by atoms with Crippen LogP contribution in [0.5, 0.6) is 0 Å². The van der Waals surface area contributed by atoms with Crippen LogP contribution in [-0.4, -0.2) is 28.4 Å². The number of rotatable bonds is 5. The number of pyridine rings is 1. The van der Waals surface area contributed by atoms with Crippen molar-refractivity contribution < 1.29 is 9.72 Å². The highest BCUT2D eigenvalue weighted by Gasteiger charge is 2.15. The van der Waals surface area contributed by atoms with Gasteiger partial charge < -0.3 is 10.6 Å². The number of nitrogens with one attached hydrogen (secondary N) is 2. The molecule has 1 rings (SSSR count). The number of hydrogen-bond acceptors (Lipinski definition) is 5. The van der Waals surface area contributed by atoms with Crippen molar-refractivity contribution in [2.75, 3.05) is 11.9 Å². The van der Waals surface area contributed by atoms with Crippen LogP contribution in [-0.2, 0) is 4.79 Å². The lowest BCUT2D eigenvalue weighted by Gasteiger charge is -2.14. The zero-order valence-corrected chi connectivity index (χ0v) is 11.5. The molecule has 1 aromatic rings. The van der Waals surface area contributed by atoms with Crippen LogP contribution in [0.25, 0.3) is 0 Å². The van der Waals surface area contributed by atoms with Gasteiger partial charge in [-0.15, -0.1) is 0 Å². The Morgan fingerprint density at radius 3 is 2.83 bits per heavy atom. The number of nitrogens with zero attached hydrogens (tertiary/aromatic N) is 2. The van der Waals surface area contributed by atoms with Gasteiger partial charge in [-0.2, -0.15) is 0 Å². The maximum absolute atomic E-state index is 11.5. The van der Waals surface area contributed by atoms with E-state index in [2.05, 4.69) is 31.5 Å². The van der Waals surface area contributed by atoms with Crippen LogP contribution in [0.15, 0.2) is 16.7 Å². The van der Waals surface area contributed by atoms with Gasteiger partial charge in [-0.1, -0.05) is 0 Å². The maximum Gasteiger partial charge on any atom is 0.288 e. The monoisotopic (exact) mass is 316 g/mol. The molecule has 0 radical (unpaired) electrons. The van der Waals surface area contributed by atoms with Crippen LogP contribution in [0.4, 0.5) is 11.5 Å². The van der Waals surface area contributed by atoms with Crippen molar-refractivity contribution >= 4 is 33.3 Å². The van der Waals surface area contributed by atoms with Crippen LogP contribution >= 0.6 is 15.9 Å². The van der Waals surface area contributed by atoms with Crippen molar-refractivity contribution in [2.45, 2.75) is 19.9 Å². The molecule has 1 unspecified atom stereocenters. The van der Waals surface area contributed by atoms with E-state index >= 15 is 0 Å². The van der Waals surface area contributed by atoms with E-state index in [0.717, 1.165) is 6.20 Å². The Labute approximate surface area is 112 Å².